The predicted molar refractivity (Wildman–Crippen MR) is 182 cm³/mol. The van der Waals surface area contributed by atoms with Crippen LogP contribution in [0.1, 0.15) is 40.1 Å². The fraction of sp³-hybridized carbons (Fsp3) is 0.184. The standard InChI is InChI=1S/C38H36ClNO5S/c1-2-45-38(42)36-17-7-6-16-35(36)30-12-9-15-34(25-30)46(43,44)33-20-18-28(19-21-33)22-23-40(26-29-10-4-3-5-11-29)27-37(41)31-13-8-14-32(39)24-31/h3-21,24-25,37,41H,2,22-23,26-27H2,1H3/t37-/m0/s1. The molecule has 0 fully saturated rings. The molecule has 0 aliphatic heterocycles. The van der Waals surface area contributed by atoms with Crippen LogP contribution in [0.3, 0.4) is 0 Å². The van der Waals surface area contributed by atoms with Crippen LogP contribution in [0.25, 0.3) is 11.1 Å². The summed E-state index contributed by atoms with van der Waals surface area (Å²) in [6.07, 6.45) is -0.0508. The van der Waals surface area contributed by atoms with Gasteiger partial charge in [0.25, 0.3) is 0 Å². The summed E-state index contributed by atoms with van der Waals surface area (Å²) in [7, 11) is -3.82. The monoisotopic (exact) mass is 653 g/mol. The van der Waals surface area contributed by atoms with Gasteiger partial charge in [-0.15, -0.1) is 0 Å². The fourth-order valence-electron chi connectivity index (χ4n) is 5.35. The van der Waals surface area contributed by atoms with Crippen molar-refractivity contribution in [1.29, 1.82) is 0 Å². The first kappa shape index (κ1) is 33.1. The molecular formula is C38H36ClNO5S. The average molecular weight is 654 g/mol. The minimum Gasteiger partial charge on any atom is -0.462 e. The zero-order valence-corrected chi connectivity index (χ0v) is 27.1. The molecule has 1 atom stereocenters. The zero-order valence-electron chi connectivity index (χ0n) is 25.6. The molecule has 5 aromatic carbocycles. The van der Waals surface area contributed by atoms with Gasteiger partial charge in [-0.3, -0.25) is 4.90 Å². The second-order valence-corrected chi connectivity index (χ2v) is 13.4. The molecule has 0 saturated heterocycles. The minimum atomic E-state index is -3.82. The van der Waals surface area contributed by atoms with E-state index in [1.165, 1.54) is 0 Å². The number of aliphatic hydroxyl groups excluding tert-OH is 1. The lowest BCUT2D eigenvalue weighted by Gasteiger charge is -2.25. The van der Waals surface area contributed by atoms with Crippen LogP contribution in [0, 0.1) is 0 Å². The Morgan fingerprint density at radius 3 is 2.26 bits per heavy atom. The third kappa shape index (κ3) is 8.30. The third-order valence-corrected chi connectivity index (χ3v) is 9.74. The third-order valence-electron chi connectivity index (χ3n) is 7.74. The number of aliphatic hydroxyl groups is 1. The van der Waals surface area contributed by atoms with Crippen molar-refractivity contribution >= 4 is 27.4 Å². The fourth-order valence-corrected chi connectivity index (χ4v) is 6.86. The quantitative estimate of drug-likeness (QED) is 0.131. The lowest BCUT2D eigenvalue weighted by molar-refractivity contribution is 0.0527. The van der Waals surface area contributed by atoms with Gasteiger partial charge in [0.1, 0.15) is 0 Å². The van der Waals surface area contributed by atoms with Crippen molar-refractivity contribution in [3.05, 3.63) is 155 Å². The summed E-state index contributed by atoms with van der Waals surface area (Å²) in [5.74, 6) is -0.455. The molecule has 0 aromatic heterocycles. The Kier molecular flexibility index (Phi) is 11.0. The number of ether oxygens (including phenoxy) is 1. The molecule has 0 radical (unpaired) electrons. The van der Waals surface area contributed by atoms with Gasteiger partial charge in [0.2, 0.25) is 9.84 Å². The Labute approximate surface area is 275 Å². The molecule has 0 heterocycles. The molecular weight excluding hydrogens is 618 g/mol. The molecule has 0 saturated carbocycles. The van der Waals surface area contributed by atoms with Gasteiger partial charge in [0.15, 0.2) is 0 Å². The molecule has 0 bridgehead atoms. The molecule has 8 heteroatoms. The topological polar surface area (TPSA) is 83.9 Å². The number of halogens is 1. The highest BCUT2D eigenvalue weighted by Gasteiger charge is 2.21. The lowest BCUT2D eigenvalue weighted by atomic mass is 10.00. The van der Waals surface area contributed by atoms with Crippen molar-refractivity contribution in [3.63, 3.8) is 0 Å². The molecule has 0 spiro atoms. The summed E-state index contributed by atoms with van der Waals surface area (Å²) < 4.78 is 32.5. The molecule has 46 heavy (non-hydrogen) atoms. The average Bonchev–Trinajstić information content (AvgIpc) is 3.08. The maximum absolute atomic E-state index is 13.7. The second kappa shape index (κ2) is 15.3. The van der Waals surface area contributed by atoms with Gasteiger partial charge in [0, 0.05) is 24.7 Å². The minimum absolute atomic E-state index is 0.139. The Hall–Kier alpha value is -4.27. The molecule has 0 unspecified atom stereocenters. The number of hydrogen-bond acceptors (Lipinski definition) is 6. The van der Waals surface area contributed by atoms with Crippen molar-refractivity contribution in [2.45, 2.75) is 35.8 Å². The number of carbonyl (C=O) groups excluding carboxylic acids is 1. The number of benzene rings is 5. The Balaban J connectivity index is 1.31. The van der Waals surface area contributed by atoms with Gasteiger partial charge in [-0.25, -0.2) is 13.2 Å². The van der Waals surface area contributed by atoms with E-state index in [0.29, 0.717) is 47.8 Å². The summed E-state index contributed by atoms with van der Waals surface area (Å²) in [5.41, 5.74) is 4.47. The molecule has 0 amide bonds. The smallest absolute Gasteiger partial charge is 0.338 e. The maximum Gasteiger partial charge on any atom is 0.338 e. The summed E-state index contributed by atoms with van der Waals surface area (Å²) in [5, 5.41) is 11.6. The van der Waals surface area contributed by atoms with Crippen molar-refractivity contribution in [2.75, 3.05) is 19.7 Å². The molecule has 0 aliphatic rings. The van der Waals surface area contributed by atoms with E-state index in [2.05, 4.69) is 17.0 Å². The second-order valence-electron chi connectivity index (χ2n) is 11.0. The van der Waals surface area contributed by atoms with E-state index in [-0.39, 0.29) is 16.4 Å². The van der Waals surface area contributed by atoms with Crippen molar-refractivity contribution < 1.29 is 23.1 Å². The normalized spacial score (nSPS) is 12.2. The van der Waals surface area contributed by atoms with Gasteiger partial charge >= 0.3 is 5.97 Å². The van der Waals surface area contributed by atoms with Crippen LogP contribution < -0.4 is 0 Å². The van der Waals surface area contributed by atoms with E-state index < -0.39 is 21.9 Å². The Morgan fingerprint density at radius 1 is 0.804 bits per heavy atom. The van der Waals surface area contributed by atoms with Crippen LogP contribution in [0.4, 0.5) is 0 Å². The molecule has 5 aromatic rings. The van der Waals surface area contributed by atoms with Gasteiger partial charge in [-0.05, 0) is 83.6 Å². The largest absolute Gasteiger partial charge is 0.462 e. The van der Waals surface area contributed by atoms with Gasteiger partial charge in [0.05, 0.1) is 28.1 Å². The van der Waals surface area contributed by atoms with E-state index in [4.69, 9.17) is 16.3 Å². The SMILES string of the molecule is CCOC(=O)c1ccccc1-c1cccc(S(=O)(=O)c2ccc(CCN(Cc3ccccc3)C[C@H](O)c3cccc(Cl)c3)cc2)c1. The van der Waals surface area contributed by atoms with Crippen molar-refractivity contribution in [2.24, 2.45) is 0 Å². The van der Waals surface area contributed by atoms with Crippen molar-refractivity contribution in [3.8, 4) is 11.1 Å². The number of carbonyl (C=O) groups is 1. The zero-order chi connectivity index (χ0) is 32.5. The van der Waals surface area contributed by atoms with Gasteiger partial charge in [-0.1, -0.05) is 96.5 Å². The number of nitrogens with zero attached hydrogens (tertiary/aromatic N) is 1. The van der Waals surface area contributed by atoms with E-state index in [1.807, 2.05) is 42.5 Å². The number of sulfone groups is 1. The maximum atomic E-state index is 13.7. The van der Waals surface area contributed by atoms with Crippen LogP contribution in [-0.2, 0) is 27.5 Å². The van der Waals surface area contributed by atoms with E-state index in [9.17, 15) is 18.3 Å². The predicted octanol–water partition coefficient (Wildman–Crippen LogP) is 7.79. The van der Waals surface area contributed by atoms with Crippen LogP contribution in [0.5, 0.6) is 0 Å². The van der Waals surface area contributed by atoms with Crippen molar-refractivity contribution in [1.82, 2.24) is 4.90 Å². The van der Waals surface area contributed by atoms with E-state index >= 15 is 0 Å². The summed E-state index contributed by atoms with van der Waals surface area (Å²) in [6, 6.07) is 37.9. The Bertz CT molecular complexity index is 1880. The first-order valence-corrected chi connectivity index (χ1v) is 17.0. The number of hydrogen-bond donors (Lipinski definition) is 1. The molecule has 0 aliphatic carbocycles. The van der Waals surface area contributed by atoms with Crippen LogP contribution in [0.2, 0.25) is 5.02 Å². The van der Waals surface area contributed by atoms with Crippen LogP contribution in [-0.4, -0.2) is 44.1 Å². The highest BCUT2D eigenvalue weighted by atomic mass is 35.5. The van der Waals surface area contributed by atoms with E-state index in [1.54, 1.807) is 79.7 Å². The first-order valence-electron chi connectivity index (χ1n) is 15.1. The Morgan fingerprint density at radius 2 is 1.52 bits per heavy atom. The highest BCUT2D eigenvalue weighted by Crippen LogP contribution is 2.29. The molecule has 6 nitrogen and oxygen atoms in total. The number of rotatable bonds is 13. The van der Waals surface area contributed by atoms with Crippen LogP contribution in [0.15, 0.2) is 137 Å². The van der Waals surface area contributed by atoms with Gasteiger partial charge in [-0.2, -0.15) is 0 Å². The lowest BCUT2D eigenvalue weighted by Crippen LogP contribution is -2.30. The summed E-state index contributed by atoms with van der Waals surface area (Å²) in [4.78, 5) is 15.0. The molecule has 5 rings (SSSR count). The molecule has 1 N–H and O–H groups in total. The highest BCUT2D eigenvalue weighted by molar-refractivity contribution is 7.91. The van der Waals surface area contributed by atoms with Crippen LogP contribution >= 0.6 is 11.6 Å². The summed E-state index contributed by atoms with van der Waals surface area (Å²) in [6.45, 7) is 3.71. The van der Waals surface area contributed by atoms with Gasteiger partial charge < -0.3 is 9.84 Å². The first-order chi connectivity index (χ1) is 22.2. The molecule has 236 valence electrons. The number of esters is 1. The van der Waals surface area contributed by atoms with E-state index in [0.717, 1.165) is 16.7 Å². The summed E-state index contributed by atoms with van der Waals surface area (Å²) >= 11 is 6.16.